The summed E-state index contributed by atoms with van der Waals surface area (Å²) in [5, 5.41) is 0. The van der Waals surface area contributed by atoms with Crippen molar-refractivity contribution in [3.8, 4) is 5.75 Å². The van der Waals surface area contributed by atoms with Gasteiger partial charge in [0.1, 0.15) is 29.0 Å². The molecule has 0 saturated carbocycles. The first-order chi connectivity index (χ1) is 19.8. The lowest BCUT2D eigenvalue weighted by Crippen LogP contribution is -2.57. The van der Waals surface area contributed by atoms with Crippen LogP contribution in [0.3, 0.4) is 0 Å². The monoisotopic (exact) mass is 644 g/mol. The lowest BCUT2D eigenvalue weighted by atomic mass is 9.85. The molecule has 0 N–H and O–H groups in total. The molecule has 0 bridgehead atoms. The van der Waals surface area contributed by atoms with E-state index in [1.165, 1.54) is 7.05 Å². The van der Waals surface area contributed by atoms with Crippen LogP contribution in [0.4, 0.5) is 39.5 Å². The van der Waals surface area contributed by atoms with Crippen LogP contribution >= 0.6 is 0 Å². The highest BCUT2D eigenvalue weighted by Gasteiger charge is 2.74. The maximum absolute atomic E-state index is 14.9. The normalized spacial score (nSPS) is 26.3. The molecule has 2 fully saturated rings. The molecule has 234 valence electrons. The van der Waals surface area contributed by atoms with Crippen molar-refractivity contribution in [3.63, 3.8) is 0 Å². The highest BCUT2D eigenvalue weighted by molar-refractivity contribution is 7.92. The molecule has 2 aromatic carbocycles. The Hall–Kier alpha value is -3.50. The SMILES string of the molecule is CN1C(=O)[C@@H](F)C[C@H]1C(=O)N1CCC2(S(=O)(=O)c3ccc(F)cc3)c3ccc(C(F)(C(F)(F)F)C(F)(F)F)cc3OCC12. The van der Waals surface area contributed by atoms with Crippen molar-refractivity contribution in [2.75, 3.05) is 20.2 Å². The number of nitrogens with zero attached hydrogens (tertiary/aromatic N) is 2. The van der Waals surface area contributed by atoms with Gasteiger partial charge in [0.15, 0.2) is 16.0 Å². The summed E-state index contributed by atoms with van der Waals surface area (Å²) < 4.78 is 155. The van der Waals surface area contributed by atoms with Gasteiger partial charge in [0.2, 0.25) is 5.91 Å². The van der Waals surface area contributed by atoms with E-state index in [0.29, 0.717) is 6.07 Å². The molecular formula is C26H21F9N2O5S. The van der Waals surface area contributed by atoms with Crippen molar-refractivity contribution in [2.45, 2.75) is 58.8 Å². The first-order valence-electron chi connectivity index (χ1n) is 12.6. The summed E-state index contributed by atoms with van der Waals surface area (Å²) >= 11 is 0. The molecule has 3 aliphatic rings. The number of benzene rings is 2. The lowest BCUT2D eigenvalue weighted by Gasteiger charge is -2.43. The molecule has 0 spiro atoms. The Kier molecular flexibility index (Phi) is 7.02. The Labute approximate surface area is 238 Å². The third-order valence-electron chi connectivity index (χ3n) is 8.34. The number of amides is 2. The predicted molar refractivity (Wildman–Crippen MR) is 128 cm³/mol. The molecule has 2 saturated heterocycles. The van der Waals surface area contributed by atoms with Crippen LogP contribution in [-0.2, 0) is 29.8 Å². The van der Waals surface area contributed by atoms with Crippen molar-refractivity contribution in [1.82, 2.24) is 9.80 Å². The van der Waals surface area contributed by atoms with E-state index in [-0.39, 0.29) is 18.7 Å². The van der Waals surface area contributed by atoms with Crippen LogP contribution in [-0.4, -0.2) is 80.8 Å². The first kappa shape index (κ1) is 30.9. The van der Waals surface area contributed by atoms with Crippen molar-refractivity contribution < 1.29 is 62.3 Å². The summed E-state index contributed by atoms with van der Waals surface area (Å²) in [4.78, 5) is 26.9. The summed E-state index contributed by atoms with van der Waals surface area (Å²) in [6.45, 7) is -1.15. The number of fused-ring (bicyclic) bond motifs is 3. The van der Waals surface area contributed by atoms with Gasteiger partial charge in [-0.25, -0.2) is 21.6 Å². The summed E-state index contributed by atoms with van der Waals surface area (Å²) in [6.07, 6.45) is -15.9. The van der Waals surface area contributed by atoms with Crippen LogP contribution in [0.25, 0.3) is 0 Å². The van der Waals surface area contributed by atoms with Crippen LogP contribution in [0.5, 0.6) is 5.75 Å². The van der Waals surface area contributed by atoms with Crippen molar-refractivity contribution in [2.24, 2.45) is 0 Å². The third kappa shape index (κ3) is 4.28. The van der Waals surface area contributed by atoms with Crippen LogP contribution in [0.15, 0.2) is 47.4 Å². The largest absolute Gasteiger partial charge is 0.491 e. The maximum Gasteiger partial charge on any atom is 0.435 e. The van der Waals surface area contributed by atoms with E-state index in [4.69, 9.17) is 4.74 Å². The minimum atomic E-state index is -6.45. The molecule has 43 heavy (non-hydrogen) atoms. The predicted octanol–water partition coefficient (Wildman–Crippen LogP) is 4.35. The molecule has 0 aromatic heterocycles. The van der Waals surface area contributed by atoms with Gasteiger partial charge in [0.25, 0.3) is 5.91 Å². The second-order valence-electron chi connectivity index (χ2n) is 10.5. The van der Waals surface area contributed by atoms with Gasteiger partial charge < -0.3 is 14.5 Å². The topological polar surface area (TPSA) is 84.0 Å². The Balaban J connectivity index is 1.68. The third-order valence-corrected chi connectivity index (χ3v) is 10.9. The molecule has 4 atom stereocenters. The number of likely N-dealkylation sites (tertiary alicyclic amines) is 2. The number of halogens is 9. The quantitative estimate of drug-likeness (QED) is 0.366. The Morgan fingerprint density at radius 1 is 1.00 bits per heavy atom. The molecule has 3 heterocycles. The summed E-state index contributed by atoms with van der Waals surface area (Å²) in [5.41, 5.74) is -8.21. The average molecular weight is 645 g/mol. The van der Waals surface area contributed by atoms with E-state index < -0.39 is 110 Å². The van der Waals surface area contributed by atoms with E-state index in [1.54, 1.807) is 0 Å². The molecule has 17 heteroatoms. The molecule has 2 unspecified atom stereocenters. The Bertz CT molecular complexity index is 1560. The lowest BCUT2D eigenvalue weighted by molar-refractivity contribution is -0.348. The number of rotatable bonds is 4. The molecule has 2 amide bonds. The van der Waals surface area contributed by atoms with Crippen molar-refractivity contribution in [1.29, 1.82) is 0 Å². The highest BCUT2D eigenvalue weighted by Crippen LogP contribution is 2.57. The van der Waals surface area contributed by atoms with Gasteiger partial charge >= 0.3 is 18.0 Å². The Morgan fingerprint density at radius 3 is 2.14 bits per heavy atom. The minimum Gasteiger partial charge on any atom is -0.491 e. The number of carbonyl (C=O) groups excluding carboxylic acids is 2. The van der Waals surface area contributed by atoms with Gasteiger partial charge in [-0.15, -0.1) is 0 Å². The number of alkyl halides is 8. The van der Waals surface area contributed by atoms with E-state index in [0.717, 1.165) is 34.1 Å². The van der Waals surface area contributed by atoms with Gasteiger partial charge in [-0.05, 0) is 36.8 Å². The summed E-state index contributed by atoms with van der Waals surface area (Å²) in [5.74, 6) is -3.47. The number of sulfone groups is 1. The van der Waals surface area contributed by atoms with Crippen molar-refractivity contribution >= 4 is 21.7 Å². The number of hydrogen-bond acceptors (Lipinski definition) is 5. The fourth-order valence-corrected chi connectivity index (χ4v) is 8.38. The number of carbonyl (C=O) groups is 2. The zero-order valence-corrected chi connectivity index (χ0v) is 22.7. The molecule has 0 radical (unpaired) electrons. The van der Waals surface area contributed by atoms with Gasteiger partial charge in [-0.1, -0.05) is 12.1 Å². The smallest absolute Gasteiger partial charge is 0.435 e. The van der Waals surface area contributed by atoms with Crippen LogP contribution in [0.2, 0.25) is 0 Å². The number of ether oxygens (including phenoxy) is 1. The second-order valence-corrected chi connectivity index (χ2v) is 12.7. The minimum absolute atomic E-state index is 0.121. The van der Waals surface area contributed by atoms with Crippen molar-refractivity contribution in [3.05, 3.63) is 59.4 Å². The molecule has 0 aliphatic carbocycles. The van der Waals surface area contributed by atoms with Crippen LogP contribution in [0, 0.1) is 5.82 Å². The molecule has 5 rings (SSSR count). The zero-order chi connectivity index (χ0) is 31.9. The van der Waals surface area contributed by atoms with E-state index >= 15 is 0 Å². The van der Waals surface area contributed by atoms with Gasteiger partial charge in [-0.3, -0.25) is 9.59 Å². The molecule has 2 aromatic rings. The fraction of sp³-hybridized carbons (Fsp3) is 0.462. The summed E-state index contributed by atoms with van der Waals surface area (Å²) in [7, 11) is -3.59. The average Bonchev–Trinajstić information content (AvgIpc) is 3.45. The standard InChI is InChI=1S/C26H21F9N2O5S/c1-36-18(11-17(28)21(36)38)22(39)37-9-8-23(43(40,41)15-5-3-14(27)4-6-15)16-7-2-13(10-19(16)42-12-20(23)37)24(29,25(30,31)32)26(33,34)35/h2-7,10,17-18,20H,8-9,11-12H2,1H3/t17-,18-,20?,23?/m0/s1. The Morgan fingerprint density at radius 2 is 1.60 bits per heavy atom. The second kappa shape index (κ2) is 9.75. The zero-order valence-electron chi connectivity index (χ0n) is 21.8. The first-order valence-corrected chi connectivity index (χ1v) is 14.1. The number of hydrogen-bond donors (Lipinski definition) is 0. The molecule has 7 nitrogen and oxygen atoms in total. The van der Waals surface area contributed by atoms with E-state index in [9.17, 15) is 57.5 Å². The van der Waals surface area contributed by atoms with E-state index in [1.807, 2.05) is 0 Å². The maximum atomic E-state index is 14.9. The highest BCUT2D eigenvalue weighted by atomic mass is 32.2. The fourth-order valence-electron chi connectivity index (χ4n) is 6.10. The molecule has 3 aliphatic heterocycles. The van der Waals surface area contributed by atoms with E-state index in [2.05, 4.69) is 0 Å². The van der Waals surface area contributed by atoms with Gasteiger partial charge in [0, 0.05) is 31.1 Å². The molecular weight excluding hydrogens is 623 g/mol. The van der Waals surface area contributed by atoms with Gasteiger partial charge in [-0.2, -0.15) is 26.3 Å². The van der Waals surface area contributed by atoms with Gasteiger partial charge in [0.05, 0.1) is 10.9 Å². The summed E-state index contributed by atoms with van der Waals surface area (Å²) in [6, 6.07) is 1.43. The van der Waals surface area contributed by atoms with Crippen LogP contribution in [0.1, 0.15) is 24.0 Å². The number of likely N-dealkylation sites (N-methyl/N-ethyl adjacent to an activating group) is 1. The van der Waals surface area contributed by atoms with Crippen LogP contribution < -0.4 is 4.74 Å².